The monoisotopic (exact) mass is 461 g/mol. The van der Waals surface area contributed by atoms with Crippen molar-refractivity contribution in [2.45, 2.75) is 32.1 Å². The summed E-state index contributed by atoms with van der Waals surface area (Å²) in [4.78, 5) is 22.3. The summed E-state index contributed by atoms with van der Waals surface area (Å²) < 4.78 is 19.2. The molecule has 0 radical (unpaired) electrons. The molecular formula is C28H32FN3O2. The molecule has 0 saturated carbocycles. The van der Waals surface area contributed by atoms with E-state index in [0.29, 0.717) is 32.8 Å². The average Bonchev–Trinajstić information content (AvgIpc) is 3.39. The van der Waals surface area contributed by atoms with Crippen LogP contribution >= 0.6 is 0 Å². The number of halogens is 1. The number of ether oxygens (including phenoxy) is 1. The van der Waals surface area contributed by atoms with Gasteiger partial charge in [-0.1, -0.05) is 49.4 Å². The number of carbonyl (C=O) groups excluding carboxylic acids is 1. The van der Waals surface area contributed by atoms with E-state index >= 15 is 0 Å². The van der Waals surface area contributed by atoms with Gasteiger partial charge in [0.25, 0.3) is 0 Å². The van der Waals surface area contributed by atoms with E-state index in [1.54, 1.807) is 6.07 Å². The first-order valence-electron chi connectivity index (χ1n) is 12.3. The van der Waals surface area contributed by atoms with Crippen molar-refractivity contribution in [3.63, 3.8) is 0 Å². The molecule has 2 unspecified atom stereocenters. The lowest BCUT2D eigenvalue weighted by atomic mass is 9.81. The van der Waals surface area contributed by atoms with Crippen LogP contribution in [0.4, 0.5) is 9.18 Å². The van der Waals surface area contributed by atoms with Crippen molar-refractivity contribution < 1.29 is 13.9 Å². The van der Waals surface area contributed by atoms with Crippen LogP contribution in [-0.2, 0) is 11.2 Å². The summed E-state index contributed by atoms with van der Waals surface area (Å²) in [6.45, 7) is 6.02. The van der Waals surface area contributed by atoms with Gasteiger partial charge >= 0.3 is 6.03 Å². The van der Waals surface area contributed by atoms with E-state index in [1.165, 1.54) is 23.3 Å². The molecule has 3 heterocycles. The number of rotatable bonds is 4. The molecule has 34 heavy (non-hydrogen) atoms. The molecule has 0 spiro atoms. The number of urea groups is 1. The molecule has 0 aliphatic carbocycles. The Morgan fingerprint density at radius 1 is 1.06 bits per heavy atom. The molecule has 2 atom stereocenters. The summed E-state index contributed by atoms with van der Waals surface area (Å²) >= 11 is 0. The van der Waals surface area contributed by atoms with Crippen molar-refractivity contribution in [3.8, 4) is 0 Å². The molecule has 2 fully saturated rings. The summed E-state index contributed by atoms with van der Waals surface area (Å²) in [5.41, 5.74) is 5.32. The molecule has 6 heteroatoms. The van der Waals surface area contributed by atoms with Gasteiger partial charge in [0.05, 0.1) is 18.9 Å². The number of morpholine rings is 1. The van der Waals surface area contributed by atoms with Gasteiger partial charge in [-0.15, -0.1) is 0 Å². The van der Waals surface area contributed by atoms with Crippen LogP contribution in [0.2, 0.25) is 0 Å². The predicted molar refractivity (Wildman–Crippen MR) is 132 cm³/mol. The zero-order valence-electron chi connectivity index (χ0n) is 19.8. The number of benzene rings is 2. The summed E-state index contributed by atoms with van der Waals surface area (Å²) in [6, 6.07) is 15.5. The molecule has 2 aromatic rings. The lowest BCUT2D eigenvalue weighted by Gasteiger charge is -2.41. The second kappa shape index (κ2) is 10.1. The molecule has 5 nitrogen and oxygen atoms in total. The molecule has 178 valence electrons. The molecule has 2 amide bonds. The summed E-state index contributed by atoms with van der Waals surface area (Å²) in [7, 11) is 0. The number of carbonyl (C=O) groups is 1. The van der Waals surface area contributed by atoms with Crippen LogP contribution in [0.25, 0.3) is 5.70 Å². The fourth-order valence-electron chi connectivity index (χ4n) is 5.25. The minimum atomic E-state index is -0.252. The fraction of sp³-hybridized carbons (Fsp3) is 0.429. The second-order valence-corrected chi connectivity index (χ2v) is 9.42. The van der Waals surface area contributed by atoms with E-state index in [9.17, 15) is 9.18 Å². The van der Waals surface area contributed by atoms with E-state index in [0.717, 1.165) is 42.8 Å². The van der Waals surface area contributed by atoms with Gasteiger partial charge in [0.15, 0.2) is 0 Å². The molecule has 0 aromatic heterocycles. The van der Waals surface area contributed by atoms with Crippen molar-refractivity contribution >= 4 is 17.4 Å². The van der Waals surface area contributed by atoms with E-state index in [1.807, 2.05) is 15.9 Å². The summed E-state index contributed by atoms with van der Waals surface area (Å²) in [5.74, 6) is 0.185. The number of aryl methyl sites for hydroxylation is 1. The van der Waals surface area contributed by atoms with Crippen molar-refractivity contribution in [2.24, 2.45) is 10.9 Å². The highest BCUT2D eigenvalue weighted by Gasteiger charge is 2.36. The number of piperidine rings is 1. The second-order valence-electron chi connectivity index (χ2n) is 9.42. The maximum atomic E-state index is 13.7. The van der Waals surface area contributed by atoms with Crippen LogP contribution in [0.15, 0.2) is 59.6 Å². The highest BCUT2D eigenvalue weighted by atomic mass is 19.1. The van der Waals surface area contributed by atoms with Gasteiger partial charge in [-0.25, -0.2) is 9.18 Å². The normalized spacial score (nSPS) is 23.0. The summed E-state index contributed by atoms with van der Waals surface area (Å²) in [5, 5.41) is 0. The topological polar surface area (TPSA) is 45.1 Å². The Bertz CT molecular complexity index is 1090. The van der Waals surface area contributed by atoms with Crippen molar-refractivity contribution in [2.75, 3.05) is 39.4 Å². The van der Waals surface area contributed by atoms with Gasteiger partial charge in [-0.05, 0) is 36.1 Å². The van der Waals surface area contributed by atoms with Crippen molar-refractivity contribution in [3.05, 3.63) is 77.1 Å². The molecule has 0 N–H and O–H groups in total. The van der Waals surface area contributed by atoms with Gasteiger partial charge in [-0.3, -0.25) is 4.99 Å². The maximum Gasteiger partial charge on any atom is 0.320 e. The first-order valence-corrected chi connectivity index (χ1v) is 12.3. The maximum absolute atomic E-state index is 13.7. The highest BCUT2D eigenvalue weighted by Crippen LogP contribution is 2.35. The van der Waals surface area contributed by atoms with Crippen LogP contribution in [0, 0.1) is 11.7 Å². The third-order valence-electron chi connectivity index (χ3n) is 7.22. The Balaban J connectivity index is 1.39. The predicted octanol–water partition coefficient (Wildman–Crippen LogP) is 5.13. The fourth-order valence-corrected chi connectivity index (χ4v) is 5.25. The van der Waals surface area contributed by atoms with Gasteiger partial charge < -0.3 is 14.5 Å². The van der Waals surface area contributed by atoms with E-state index in [-0.39, 0.29) is 23.7 Å². The van der Waals surface area contributed by atoms with Crippen molar-refractivity contribution in [1.82, 2.24) is 9.80 Å². The third kappa shape index (κ3) is 4.92. The van der Waals surface area contributed by atoms with Crippen LogP contribution in [0.1, 0.15) is 42.4 Å². The Kier molecular flexibility index (Phi) is 6.77. The molecule has 3 aliphatic rings. The largest absolute Gasteiger partial charge is 0.378 e. The van der Waals surface area contributed by atoms with E-state index in [2.05, 4.69) is 37.3 Å². The molecule has 2 saturated heterocycles. The minimum Gasteiger partial charge on any atom is -0.378 e. The molecular weight excluding hydrogens is 429 g/mol. The Morgan fingerprint density at radius 3 is 2.56 bits per heavy atom. The van der Waals surface area contributed by atoms with Gasteiger partial charge in [0.2, 0.25) is 0 Å². The summed E-state index contributed by atoms with van der Waals surface area (Å²) in [6.07, 6.45) is 4.80. The van der Waals surface area contributed by atoms with E-state index < -0.39 is 0 Å². The Morgan fingerprint density at radius 2 is 1.82 bits per heavy atom. The van der Waals surface area contributed by atoms with Crippen LogP contribution < -0.4 is 0 Å². The zero-order valence-corrected chi connectivity index (χ0v) is 19.8. The Labute approximate surface area is 200 Å². The number of nitrogens with zero attached hydrogens (tertiary/aromatic N) is 3. The Hall–Kier alpha value is -2.99. The molecule has 0 bridgehead atoms. The number of likely N-dealkylation sites (tertiary alicyclic amines) is 1. The standard InChI is InChI=1S/C28H32FN3O2/c1-2-20-6-8-21(9-7-20)23-16-24(19-32(18-23)28(33)31-12-14-34-15-13-31)27-11-10-26(30-27)22-4-3-5-25(29)17-22/h3-10,17,23-24H,2,11-16,18-19H2,1H3. The number of allylic oxidation sites excluding steroid dienone is 1. The number of hydrogen-bond donors (Lipinski definition) is 0. The quantitative estimate of drug-likeness (QED) is 0.634. The average molecular weight is 462 g/mol. The molecule has 5 rings (SSSR count). The lowest BCUT2D eigenvalue weighted by molar-refractivity contribution is 0.0396. The van der Waals surface area contributed by atoms with E-state index in [4.69, 9.17) is 9.73 Å². The van der Waals surface area contributed by atoms with Gasteiger partial charge in [0, 0.05) is 55.7 Å². The van der Waals surface area contributed by atoms with Crippen molar-refractivity contribution in [1.29, 1.82) is 0 Å². The molecule has 3 aliphatic heterocycles. The van der Waals surface area contributed by atoms with Crippen LogP contribution in [-0.4, -0.2) is 60.9 Å². The lowest BCUT2D eigenvalue weighted by Crippen LogP contribution is -2.53. The third-order valence-corrected chi connectivity index (χ3v) is 7.22. The molecule has 2 aromatic carbocycles. The number of amides is 2. The SMILES string of the molecule is CCc1ccc(C2CC(C3=NC(c4cccc(F)c4)=CC3)CN(C(=O)N3CCOCC3)C2)cc1. The number of hydrogen-bond acceptors (Lipinski definition) is 3. The highest BCUT2D eigenvalue weighted by molar-refractivity contribution is 5.97. The first-order chi connectivity index (χ1) is 16.6. The number of aliphatic imine (C=N–C) groups is 1. The zero-order chi connectivity index (χ0) is 23.5. The minimum absolute atomic E-state index is 0.0973. The smallest absolute Gasteiger partial charge is 0.320 e. The van der Waals surface area contributed by atoms with Crippen LogP contribution in [0.5, 0.6) is 0 Å². The van der Waals surface area contributed by atoms with Crippen LogP contribution in [0.3, 0.4) is 0 Å². The first kappa shape index (κ1) is 22.8. The van der Waals surface area contributed by atoms with Gasteiger partial charge in [0.1, 0.15) is 5.82 Å². The van der Waals surface area contributed by atoms with Gasteiger partial charge in [-0.2, -0.15) is 0 Å².